The second-order valence-electron chi connectivity index (χ2n) is 5.66. The minimum absolute atomic E-state index is 0.0245. The number of carbonyl (C=O) groups is 1. The molecule has 0 aliphatic rings. The molecule has 2 aromatic carbocycles. The smallest absolute Gasteiger partial charge is 0.262 e. The molecule has 1 heterocycles. The Bertz CT molecular complexity index is 874. The van der Waals surface area contributed by atoms with Crippen LogP contribution >= 0.6 is 0 Å². The Labute approximate surface area is 141 Å². The summed E-state index contributed by atoms with van der Waals surface area (Å²) in [6.07, 6.45) is 2.62. The van der Waals surface area contributed by atoms with Crippen LogP contribution in [0.5, 0.6) is 5.75 Å². The fraction of sp³-hybridized carbons (Fsp3) is 0.200. The molecule has 0 bridgehead atoms. The maximum atomic E-state index is 12.2. The van der Waals surface area contributed by atoms with Crippen LogP contribution in [0.25, 0.3) is 10.9 Å². The number of fused-ring (bicyclic) bond motifs is 1. The summed E-state index contributed by atoms with van der Waals surface area (Å²) in [6, 6.07) is 15.5. The molecular formula is C20H20N2O2. The topological polar surface area (TPSA) is 51.2 Å². The first kappa shape index (κ1) is 16.0. The minimum atomic E-state index is -0.162. The van der Waals surface area contributed by atoms with Crippen molar-refractivity contribution in [2.75, 3.05) is 11.9 Å². The van der Waals surface area contributed by atoms with Crippen LogP contribution in [0.1, 0.15) is 18.1 Å². The lowest BCUT2D eigenvalue weighted by molar-refractivity contribution is -0.118. The molecule has 0 aliphatic heterocycles. The molecule has 0 atom stereocenters. The number of nitrogens with zero attached hydrogens (tertiary/aromatic N) is 1. The highest BCUT2D eigenvalue weighted by molar-refractivity contribution is 5.93. The van der Waals surface area contributed by atoms with Crippen molar-refractivity contribution in [3.05, 3.63) is 65.9 Å². The predicted molar refractivity (Wildman–Crippen MR) is 96.4 cm³/mol. The van der Waals surface area contributed by atoms with Gasteiger partial charge in [-0.3, -0.25) is 9.78 Å². The zero-order chi connectivity index (χ0) is 16.9. The van der Waals surface area contributed by atoms with E-state index >= 15 is 0 Å². The maximum absolute atomic E-state index is 12.2. The molecule has 1 N–H and O–H groups in total. The van der Waals surface area contributed by atoms with E-state index in [1.165, 1.54) is 0 Å². The number of carbonyl (C=O) groups excluding carboxylic acids is 1. The Hall–Kier alpha value is -2.88. The van der Waals surface area contributed by atoms with Gasteiger partial charge < -0.3 is 10.1 Å². The fourth-order valence-electron chi connectivity index (χ4n) is 2.67. The molecule has 1 aromatic heterocycles. The van der Waals surface area contributed by atoms with E-state index in [2.05, 4.69) is 17.2 Å². The van der Waals surface area contributed by atoms with Crippen molar-refractivity contribution in [3.8, 4) is 5.75 Å². The van der Waals surface area contributed by atoms with E-state index < -0.39 is 0 Å². The van der Waals surface area contributed by atoms with Crippen molar-refractivity contribution in [2.24, 2.45) is 0 Å². The highest BCUT2D eigenvalue weighted by Crippen LogP contribution is 2.22. The molecule has 3 aromatic rings. The van der Waals surface area contributed by atoms with Crippen LogP contribution in [0.4, 0.5) is 5.69 Å². The minimum Gasteiger partial charge on any atom is -0.484 e. The number of benzene rings is 2. The van der Waals surface area contributed by atoms with E-state index in [-0.39, 0.29) is 12.5 Å². The highest BCUT2D eigenvalue weighted by Gasteiger charge is 2.09. The third kappa shape index (κ3) is 3.54. The zero-order valence-electron chi connectivity index (χ0n) is 13.9. The fourth-order valence-corrected chi connectivity index (χ4v) is 2.67. The van der Waals surface area contributed by atoms with Gasteiger partial charge in [-0.2, -0.15) is 0 Å². The molecule has 1 amide bonds. The number of amides is 1. The number of ether oxygens (including phenoxy) is 1. The number of rotatable bonds is 5. The van der Waals surface area contributed by atoms with Crippen molar-refractivity contribution in [1.29, 1.82) is 0 Å². The number of anilines is 1. The van der Waals surface area contributed by atoms with Gasteiger partial charge >= 0.3 is 0 Å². The largest absolute Gasteiger partial charge is 0.484 e. The average molecular weight is 320 g/mol. The van der Waals surface area contributed by atoms with E-state index in [0.29, 0.717) is 5.75 Å². The van der Waals surface area contributed by atoms with Gasteiger partial charge in [-0.15, -0.1) is 0 Å². The number of hydrogen-bond donors (Lipinski definition) is 1. The molecule has 0 radical (unpaired) electrons. The number of aromatic nitrogens is 1. The summed E-state index contributed by atoms with van der Waals surface area (Å²) in [5.74, 6) is 0.497. The van der Waals surface area contributed by atoms with Gasteiger partial charge in [0.2, 0.25) is 0 Å². The molecule has 0 aliphatic carbocycles. The van der Waals surface area contributed by atoms with Crippen LogP contribution in [0, 0.1) is 6.92 Å². The van der Waals surface area contributed by atoms with Crippen molar-refractivity contribution < 1.29 is 9.53 Å². The summed E-state index contributed by atoms with van der Waals surface area (Å²) in [7, 11) is 0. The number of pyridine rings is 1. The molecule has 122 valence electrons. The molecule has 0 saturated heterocycles. The van der Waals surface area contributed by atoms with E-state index in [1.54, 1.807) is 6.20 Å². The summed E-state index contributed by atoms with van der Waals surface area (Å²) in [5.41, 5.74) is 3.97. The summed E-state index contributed by atoms with van der Waals surface area (Å²) in [6.45, 7) is 4.04. The SMILES string of the molecule is CCc1cccc(C)c1NC(=O)COc1ccc2ncccc2c1. The van der Waals surface area contributed by atoms with Crippen LogP contribution in [-0.4, -0.2) is 17.5 Å². The third-order valence-electron chi connectivity index (χ3n) is 3.95. The molecule has 0 saturated carbocycles. The number of hydrogen-bond acceptors (Lipinski definition) is 3. The molecule has 0 unspecified atom stereocenters. The molecule has 3 rings (SSSR count). The Balaban J connectivity index is 1.67. The van der Waals surface area contributed by atoms with Gasteiger partial charge in [0.05, 0.1) is 5.52 Å². The van der Waals surface area contributed by atoms with Gasteiger partial charge in [-0.05, 0) is 48.7 Å². The van der Waals surface area contributed by atoms with Crippen LogP contribution in [0.3, 0.4) is 0 Å². The average Bonchev–Trinajstić information content (AvgIpc) is 2.61. The third-order valence-corrected chi connectivity index (χ3v) is 3.95. The first-order valence-corrected chi connectivity index (χ1v) is 8.03. The Morgan fingerprint density at radius 3 is 2.88 bits per heavy atom. The van der Waals surface area contributed by atoms with Gasteiger partial charge in [-0.1, -0.05) is 31.2 Å². The number of aryl methyl sites for hydroxylation is 2. The standard InChI is InChI=1S/C20H20N2O2/c1-3-15-7-4-6-14(2)20(15)22-19(23)13-24-17-9-10-18-16(12-17)8-5-11-21-18/h4-12H,3,13H2,1-2H3,(H,22,23). The van der Waals surface area contributed by atoms with Gasteiger partial charge in [0.1, 0.15) is 5.75 Å². The van der Waals surface area contributed by atoms with Crippen LogP contribution in [-0.2, 0) is 11.2 Å². The molecule has 0 spiro atoms. The molecule has 0 fully saturated rings. The Kier molecular flexibility index (Phi) is 4.75. The monoisotopic (exact) mass is 320 g/mol. The molecule has 24 heavy (non-hydrogen) atoms. The summed E-state index contributed by atoms with van der Waals surface area (Å²) < 4.78 is 5.62. The predicted octanol–water partition coefficient (Wildman–Crippen LogP) is 4.12. The quantitative estimate of drug-likeness (QED) is 0.769. The second kappa shape index (κ2) is 7.13. The first-order valence-electron chi connectivity index (χ1n) is 8.03. The highest BCUT2D eigenvalue weighted by atomic mass is 16.5. The zero-order valence-corrected chi connectivity index (χ0v) is 13.9. The molecule has 4 heteroatoms. The van der Waals surface area contributed by atoms with Crippen LogP contribution < -0.4 is 10.1 Å². The Morgan fingerprint density at radius 1 is 1.17 bits per heavy atom. The van der Waals surface area contributed by atoms with Crippen LogP contribution in [0.2, 0.25) is 0 Å². The van der Waals surface area contributed by atoms with E-state index in [4.69, 9.17) is 4.74 Å². The van der Waals surface area contributed by atoms with Crippen LogP contribution in [0.15, 0.2) is 54.7 Å². The van der Waals surface area contributed by atoms with Crippen molar-refractivity contribution in [2.45, 2.75) is 20.3 Å². The van der Waals surface area contributed by atoms with E-state index in [9.17, 15) is 4.79 Å². The van der Waals surface area contributed by atoms with Gasteiger partial charge in [0.25, 0.3) is 5.91 Å². The first-order chi connectivity index (χ1) is 11.7. The van der Waals surface area contributed by atoms with Crippen molar-refractivity contribution in [3.63, 3.8) is 0 Å². The number of nitrogens with one attached hydrogen (secondary N) is 1. The van der Waals surface area contributed by atoms with Gasteiger partial charge in [0.15, 0.2) is 6.61 Å². The molecular weight excluding hydrogens is 300 g/mol. The summed E-state index contributed by atoms with van der Waals surface area (Å²) in [4.78, 5) is 16.5. The van der Waals surface area contributed by atoms with Gasteiger partial charge in [0, 0.05) is 17.3 Å². The Morgan fingerprint density at radius 2 is 2.04 bits per heavy atom. The molecule has 4 nitrogen and oxygen atoms in total. The maximum Gasteiger partial charge on any atom is 0.262 e. The lowest BCUT2D eigenvalue weighted by Gasteiger charge is -2.13. The van der Waals surface area contributed by atoms with Gasteiger partial charge in [-0.25, -0.2) is 0 Å². The lowest BCUT2D eigenvalue weighted by atomic mass is 10.1. The second-order valence-corrected chi connectivity index (χ2v) is 5.66. The lowest BCUT2D eigenvalue weighted by Crippen LogP contribution is -2.21. The summed E-state index contributed by atoms with van der Waals surface area (Å²) >= 11 is 0. The van der Waals surface area contributed by atoms with Crippen molar-refractivity contribution >= 4 is 22.5 Å². The van der Waals surface area contributed by atoms with Crippen molar-refractivity contribution in [1.82, 2.24) is 4.98 Å². The summed E-state index contributed by atoms with van der Waals surface area (Å²) in [5, 5.41) is 3.95. The normalized spacial score (nSPS) is 10.6. The van der Waals surface area contributed by atoms with E-state index in [1.807, 2.05) is 55.5 Å². The number of para-hydroxylation sites is 1. The van der Waals surface area contributed by atoms with E-state index in [0.717, 1.165) is 34.1 Å².